The van der Waals surface area contributed by atoms with Gasteiger partial charge in [-0.15, -0.1) is 27.3 Å². The van der Waals surface area contributed by atoms with Crippen LogP contribution in [-0.2, 0) is 15.2 Å². The molecule has 0 radical (unpaired) electrons. The summed E-state index contributed by atoms with van der Waals surface area (Å²) in [5.74, 6) is 0.255. The SMILES string of the molecule is O=C(O[N+]12CCC(CC1)CC2)C(O)(c1cccs1)c1cccs1. The van der Waals surface area contributed by atoms with Crippen molar-refractivity contribution in [3.05, 3.63) is 44.8 Å². The van der Waals surface area contributed by atoms with Crippen LogP contribution < -0.4 is 0 Å². The largest absolute Gasteiger partial charge is 0.408 e. The Kier molecular flexibility index (Phi) is 3.80. The van der Waals surface area contributed by atoms with Gasteiger partial charge in [-0.2, -0.15) is 0 Å². The van der Waals surface area contributed by atoms with E-state index in [2.05, 4.69) is 0 Å². The van der Waals surface area contributed by atoms with Gasteiger partial charge in [-0.3, -0.25) is 4.84 Å². The quantitative estimate of drug-likeness (QED) is 0.862. The third kappa shape index (κ3) is 2.54. The normalized spacial score (nSPS) is 27.1. The first-order chi connectivity index (χ1) is 11.1. The Hall–Kier alpha value is -1.21. The number of carbonyl (C=O) groups excluding carboxylic acids is 1. The number of nitrogens with zero attached hydrogens (tertiary/aromatic N) is 1. The lowest BCUT2D eigenvalue weighted by molar-refractivity contribution is -1.10. The van der Waals surface area contributed by atoms with Crippen molar-refractivity contribution in [2.24, 2.45) is 5.92 Å². The van der Waals surface area contributed by atoms with Crippen LogP contribution in [0.25, 0.3) is 0 Å². The third-order valence-electron chi connectivity index (χ3n) is 5.16. The highest BCUT2D eigenvalue weighted by Crippen LogP contribution is 2.40. The van der Waals surface area contributed by atoms with Crippen LogP contribution in [0, 0.1) is 5.92 Å². The maximum Gasteiger partial charge on any atom is 0.408 e. The average Bonchev–Trinajstić information content (AvgIpc) is 3.29. The topological polar surface area (TPSA) is 46.5 Å². The summed E-state index contributed by atoms with van der Waals surface area (Å²) in [4.78, 5) is 20.2. The van der Waals surface area contributed by atoms with Crippen LogP contribution in [0.1, 0.15) is 29.0 Å². The van der Waals surface area contributed by atoms with Crippen molar-refractivity contribution in [2.45, 2.75) is 24.9 Å². The van der Waals surface area contributed by atoms with Gasteiger partial charge < -0.3 is 5.11 Å². The second-order valence-electron chi connectivity index (χ2n) is 6.50. The zero-order valence-electron chi connectivity index (χ0n) is 12.8. The summed E-state index contributed by atoms with van der Waals surface area (Å²) in [5.41, 5.74) is -1.69. The lowest BCUT2D eigenvalue weighted by Gasteiger charge is -2.45. The molecule has 0 atom stereocenters. The third-order valence-corrected chi connectivity index (χ3v) is 7.12. The first-order valence-corrected chi connectivity index (χ1v) is 9.79. The minimum Gasteiger partial charge on any atom is -0.369 e. The Bertz CT molecular complexity index is 625. The van der Waals surface area contributed by atoms with E-state index in [-0.39, 0.29) is 0 Å². The van der Waals surface area contributed by atoms with Crippen LogP contribution >= 0.6 is 22.7 Å². The molecule has 3 aliphatic heterocycles. The molecule has 0 unspecified atom stereocenters. The molecule has 4 nitrogen and oxygen atoms in total. The van der Waals surface area contributed by atoms with Gasteiger partial charge in [0.15, 0.2) is 0 Å². The number of hydrogen-bond acceptors (Lipinski definition) is 5. The van der Waals surface area contributed by atoms with Crippen molar-refractivity contribution in [3.8, 4) is 0 Å². The van der Waals surface area contributed by atoms with Gasteiger partial charge in [-0.05, 0) is 28.8 Å². The second kappa shape index (κ2) is 5.70. The molecule has 0 aromatic carbocycles. The Morgan fingerprint density at radius 1 is 1.09 bits per heavy atom. The predicted octanol–water partition coefficient (Wildman–Crippen LogP) is 3.13. The van der Waals surface area contributed by atoms with Crippen molar-refractivity contribution in [1.29, 1.82) is 0 Å². The zero-order chi connectivity index (χ0) is 15.9. The van der Waals surface area contributed by atoms with E-state index in [0.717, 1.165) is 44.8 Å². The fourth-order valence-electron chi connectivity index (χ4n) is 3.69. The van der Waals surface area contributed by atoms with Crippen LogP contribution in [0.4, 0.5) is 0 Å². The zero-order valence-corrected chi connectivity index (χ0v) is 14.4. The lowest BCUT2D eigenvalue weighted by atomic mass is 9.88. The molecule has 3 fully saturated rings. The van der Waals surface area contributed by atoms with Gasteiger partial charge in [0.1, 0.15) is 19.6 Å². The number of carbonyl (C=O) groups is 1. The van der Waals surface area contributed by atoms with E-state index < -0.39 is 11.6 Å². The minimum absolute atomic E-state index is 0.383. The van der Waals surface area contributed by atoms with Crippen LogP contribution in [0.2, 0.25) is 0 Å². The van der Waals surface area contributed by atoms with Gasteiger partial charge >= 0.3 is 5.97 Å². The van der Waals surface area contributed by atoms with E-state index in [4.69, 9.17) is 4.84 Å². The summed E-state index contributed by atoms with van der Waals surface area (Å²) in [7, 11) is 0. The molecule has 3 saturated heterocycles. The van der Waals surface area contributed by atoms with E-state index in [1.807, 2.05) is 22.9 Å². The highest BCUT2D eigenvalue weighted by atomic mass is 32.1. The Morgan fingerprint density at radius 3 is 2.04 bits per heavy atom. The van der Waals surface area contributed by atoms with Gasteiger partial charge in [0.05, 0.1) is 9.75 Å². The second-order valence-corrected chi connectivity index (χ2v) is 8.40. The number of rotatable bonds is 4. The molecule has 2 aromatic rings. The Morgan fingerprint density at radius 2 is 1.61 bits per heavy atom. The number of aliphatic hydroxyl groups is 1. The van der Waals surface area contributed by atoms with Gasteiger partial charge in [-0.1, -0.05) is 12.1 Å². The number of fused-ring (bicyclic) bond motifs is 3. The molecule has 1 N–H and O–H groups in total. The lowest BCUT2D eigenvalue weighted by Crippen LogP contribution is -2.60. The molecular formula is C17H20NO3S2+. The molecule has 5 heterocycles. The van der Waals surface area contributed by atoms with Gasteiger partial charge in [0.25, 0.3) is 0 Å². The highest BCUT2D eigenvalue weighted by Gasteiger charge is 2.51. The van der Waals surface area contributed by atoms with Crippen molar-refractivity contribution in [2.75, 3.05) is 19.6 Å². The summed E-state index contributed by atoms with van der Waals surface area (Å²) in [6, 6.07) is 7.30. The van der Waals surface area contributed by atoms with Crippen molar-refractivity contribution in [3.63, 3.8) is 0 Å². The van der Waals surface area contributed by atoms with E-state index in [1.165, 1.54) is 22.7 Å². The smallest absolute Gasteiger partial charge is 0.369 e. The minimum atomic E-state index is -1.69. The first-order valence-electron chi connectivity index (χ1n) is 8.03. The maximum absolute atomic E-state index is 13.0. The molecule has 2 aromatic heterocycles. The molecule has 0 aliphatic carbocycles. The monoisotopic (exact) mass is 350 g/mol. The van der Waals surface area contributed by atoms with Crippen molar-refractivity contribution in [1.82, 2.24) is 0 Å². The van der Waals surface area contributed by atoms with Crippen molar-refractivity contribution >= 4 is 28.6 Å². The average molecular weight is 350 g/mol. The molecule has 0 spiro atoms. The predicted molar refractivity (Wildman–Crippen MR) is 89.9 cm³/mol. The van der Waals surface area contributed by atoms with E-state index in [0.29, 0.717) is 14.4 Å². The van der Waals surface area contributed by atoms with Crippen LogP contribution in [-0.4, -0.2) is 35.4 Å². The number of hydroxylamine groups is 3. The summed E-state index contributed by atoms with van der Waals surface area (Å²) in [6.45, 7) is 2.63. The molecule has 3 aliphatic rings. The van der Waals surface area contributed by atoms with E-state index in [1.54, 1.807) is 12.1 Å². The molecule has 6 heteroatoms. The number of thiophene rings is 2. The molecule has 5 rings (SSSR count). The summed E-state index contributed by atoms with van der Waals surface area (Å²) in [6.07, 6.45) is 3.34. The van der Waals surface area contributed by atoms with Crippen molar-refractivity contribution < 1.29 is 19.4 Å². The molecule has 122 valence electrons. The summed E-state index contributed by atoms with van der Waals surface area (Å²) < 4.78 is 0.383. The van der Waals surface area contributed by atoms with Crippen LogP contribution in [0.15, 0.2) is 35.0 Å². The number of piperidine rings is 3. The van der Waals surface area contributed by atoms with Gasteiger partial charge in [-0.25, -0.2) is 4.79 Å². The Labute approximate surface area is 143 Å². The molecular weight excluding hydrogens is 330 g/mol. The standard InChI is InChI=1S/C17H20NO3S2/c19-16(21-18-8-5-13(6-9-18)7-10-18)17(20,14-3-1-11-22-14)15-4-2-12-23-15/h1-4,11-13,20H,5-10H2/q+1. The summed E-state index contributed by atoms with van der Waals surface area (Å²) >= 11 is 2.77. The Balaban J connectivity index is 1.66. The van der Waals surface area contributed by atoms with Gasteiger partial charge in [0, 0.05) is 19.3 Å². The fraction of sp³-hybridized carbons (Fsp3) is 0.471. The molecule has 0 amide bonds. The molecule has 23 heavy (non-hydrogen) atoms. The highest BCUT2D eigenvalue weighted by molar-refractivity contribution is 7.12. The van der Waals surface area contributed by atoms with Gasteiger partial charge in [0.2, 0.25) is 5.60 Å². The number of hydrogen-bond donors (Lipinski definition) is 1. The van der Waals surface area contributed by atoms with Crippen LogP contribution in [0.3, 0.4) is 0 Å². The van der Waals surface area contributed by atoms with E-state index in [9.17, 15) is 9.90 Å². The van der Waals surface area contributed by atoms with Crippen LogP contribution in [0.5, 0.6) is 0 Å². The maximum atomic E-state index is 13.0. The molecule has 2 bridgehead atoms. The first kappa shape index (κ1) is 15.3. The van der Waals surface area contributed by atoms with E-state index >= 15 is 0 Å². The fourth-order valence-corrected chi connectivity index (χ4v) is 5.41. The number of quaternary nitrogens is 1. The molecule has 0 saturated carbocycles. The summed E-state index contributed by atoms with van der Waals surface area (Å²) in [5, 5.41) is 15.0.